The molecule has 1 rings (SSSR count). The molecule has 0 aromatic heterocycles. The lowest BCUT2D eigenvalue weighted by atomic mass is 9.98. The van der Waals surface area contributed by atoms with E-state index < -0.39 is 23.1 Å². The van der Waals surface area contributed by atoms with Gasteiger partial charge < -0.3 is 21.1 Å². The number of urea groups is 1. The van der Waals surface area contributed by atoms with E-state index in [0.717, 1.165) is 0 Å². The summed E-state index contributed by atoms with van der Waals surface area (Å²) in [6.45, 7) is 9.02. The monoisotopic (exact) mass is 383 g/mol. The molecule has 144 valence electrons. The van der Waals surface area contributed by atoms with Crippen molar-refractivity contribution < 1.29 is 19.1 Å². The van der Waals surface area contributed by atoms with Crippen LogP contribution in [0.2, 0.25) is 5.02 Å². The Balaban J connectivity index is 2.59. The zero-order valence-electron chi connectivity index (χ0n) is 15.7. The van der Waals surface area contributed by atoms with Gasteiger partial charge in [0.15, 0.2) is 0 Å². The van der Waals surface area contributed by atoms with Crippen LogP contribution in [0, 0.1) is 0 Å². The van der Waals surface area contributed by atoms with Gasteiger partial charge in [-0.15, -0.1) is 0 Å². The summed E-state index contributed by atoms with van der Waals surface area (Å²) in [5.41, 5.74) is 4.61. The van der Waals surface area contributed by atoms with Crippen molar-refractivity contribution in [2.24, 2.45) is 5.73 Å². The van der Waals surface area contributed by atoms with Gasteiger partial charge in [0.05, 0.1) is 10.6 Å². The number of nitrogens with one attached hydrogen (secondary N) is 2. The molecule has 1 aromatic rings. The van der Waals surface area contributed by atoms with Crippen LogP contribution in [0.5, 0.6) is 0 Å². The molecular formula is C18H26ClN3O4. The van der Waals surface area contributed by atoms with Crippen LogP contribution in [-0.4, -0.2) is 29.0 Å². The molecule has 0 saturated carbocycles. The second kappa shape index (κ2) is 8.40. The Bertz CT molecular complexity index is 696. The van der Waals surface area contributed by atoms with Gasteiger partial charge in [-0.2, -0.15) is 0 Å². The van der Waals surface area contributed by atoms with Gasteiger partial charge >= 0.3 is 12.0 Å². The summed E-state index contributed by atoms with van der Waals surface area (Å²) in [6, 6.07) is 3.95. The Morgan fingerprint density at radius 1 is 1.15 bits per heavy atom. The van der Waals surface area contributed by atoms with Crippen molar-refractivity contribution in [2.45, 2.75) is 58.6 Å². The highest BCUT2D eigenvalue weighted by Gasteiger charge is 2.24. The van der Waals surface area contributed by atoms with Crippen LogP contribution in [0.15, 0.2) is 18.2 Å². The zero-order valence-corrected chi connectivity index (χ0v) is 16.5. The highest BCUT2D eigenvalue weighted by atomic mass is 35.5. The van der Waals surface area contributed by atoms with Gasteiger partial charge in [-0.1, -0.05) is 11.6 Å². The van der Waals surface area contributed by atoms with E-state index in [4.69, 9.17) is 22.1 Å². The summed E-state index contributed by atoms with van der Waals surface area (Å²) in [5, 5.41) is 5.57. The summed E-state index contributed by atoms with van der Waals surface area (Å²) in [4.78, 5) is 35.1. The molecule has 0 radical (unpaired) electrons. The van der Waals surface area contributed by atoms with Gasteiger partial charge in [0.1, 0.15) is 5.60 Å². The molecule has 8 heteroatoms. The highest BCUT2D eigenvalue weighted by molar-refractivity contribution is 6.34. The van der Waals surface area contributed by atoms with Crippen molar-refractivity contribution in [3.63, 3.8) is 0 Å². The molecule has 0 fully saturated rings. The molecule has 0 aliphatic carbocycles. The summed E-state index contributed by atoms with van der Waals surface area (Å²) in [5.74, 6) is -0.962. The number of hydrogen-bond acceptors (Lipinski definition) is 4. The molecule has 1 aromatic carbocycles. The van der Waals surface area contributed by atoms with E-state index >= 15 is 0 Å². The fraction of sp³-hybridized carbons (Fsp3) is 0.500. The maximum absolute atomic E-state index is 12.2. The highest BCUT2D eigenvalue weighted by Crippen LogP contribution is 2.21. The third-order valence-electron chi connectivity index (χ3n) is 3.32. The molecule has 0 aliphatic heterocycles. The third kappa shape index (κ3) is 7.74. The van der Waals surface area contributed by atoms with Gasteiger partial charge in [0.2, 0.25) is 5.91 Å². The summed E-state index contributed by atoms with van der Waals surface area (Å²) < 4.78 is 5.26. The number of halogens is 1. The van der Waals surface area contributed by atoms with Crippen LogP contribution in [0.3, 0.4) is 0 Å². The number of nitrogens with two attached hydrogens (primary N) is 1. The van der Waals surface area contributed by atoms with Crippen molar-refractivity contribution in [1.29, 1.82) is 0 Å². The van der Waals surface area contributed by atoms with E-state index in [0.29, 0.717) is 12.1 Å². The molecule has 26 heavy (non-hydrogen) atoms. The number of esters is 1. The molecule has 0 unspecified atom stereocenters. The number of ether oxygens (including phenoxy) is 1. The minimum Gasteiger partial charge on any atom is -0.460 e. The summed E-state index contributed by atoms with van der Waals surface area (Å²) in [7, 11) is 0. The number of primary amides is 1. The average molecular weight is 384 g/mol. The predicted molar refractivity (Wildman–Crippen MR) is 101 cm³/mol. The van der Waals surface area contributed by atoms with Crippen molar-refractivity contribution in [2.75, 3.05) is 5.32 Å². The summed E-state index contributed by atoms with van der Waals surface area (Å²) >= 11 is 5.95. The van der Waals surface area contributed by atoms with Gasteiger partial charge in [0, 0.05) is 17.6 Å². The second-order valence-electron chi connectivity index (χ2n) is 7.61. The molecule has 0 atom stereocenters. The van der Waals surface area contributed by atoms with Crippen molar-refractivity contribution in [1.82, 2.24) is 5.32 Å². The Labute approximate surface area is 158 Å². The van der Waals surface area contributed by atoms with Gasteiger partial charge in [-0.05, 0) is 59.2 Å². The van der Waals surface area contributed by atoms with Crippen LogP contribution in [0.4, 0.5) is 10.5 Å². The quantitative estimate of drug-likeness (QED) is 0.653. The third-order valence-corrected chi connectivity index (χ3v) is 3.63. The molecular weight excluding hydrogens is 358 g/mol. The van der Waals surface area contributed by atoms with Crippen LogP contribution < -0.4 is 16.4 Å². The largest absolute Gasteiger partial charge is 0.460 e. The van der Waals surface area contributed by atoms with Crippen molar-refractivity contribution in [3.8, 4) is 0 Å². The first kappa shape index (κ1) is 21.8. The maximum atomic E-state index is 12.2. The number of benzene rings is 1. The number of anilines is 1. The standard InChI is InChI=1S/C18H26ClN3O4/c1-17(2,3)26-14(23)8-9-18(4,5)22-16(25)21-11-6-7-12(15(20)24)13(19)10-11/h6-7,10H,8-9H2,1-5H3,(H2,20,24)(H2,21,22,25). The number of rotatable bonds is 6. The first-order valence-electron chi connectivity index (χ1n) is 8.19. The molecule has 0 saturated heterocycles. The van der Waals surface area contributed by atoms with E-state index in [2.05, 4.69) is 10.6 Å². The number of carbonyl (C=O) groups excluding carboxylic acids is 3. The van der Waals surface area contributed by atoms with Crippen molar-refractivity contribution >= 4 is 35.2 Å². The van der Waals surface area contributed by atoms with Crippen LogP contribution in [0.1, 0.15) is 57.8 Å². The number of carbonyl (C=O) groups is 3. The maximum Gasteiger partial charge on any atom is 0.319 e. The zero-order chi connectivity index (χ0) is 20.1. The molecule has 0 aliphatic rings. The minimum absolute atomic E-state index is 0.152. The first-order chi connectivity index (χ1) is 11.8. The molecule has 4 N–H and O–H groups in total. The Hall–Kier alpha value is -2.28. The van der Waals surface area contributed by atoms with E-state index in [1.165, 1.54) is 18.2 Å². The molecule has 0 spiro atoms. The Morgan fingerprint density at radius 3 is 2.27 bits per heavy atom. The molecule has 0 bridgehead atoms. The predicted octanol–water partition coefficient (Wildman–Crippen LogP) is 3.46. The SMILES string of the molecule is CC(C)(CCC(=O)OC(C)(C)C)NC(=O)Nc1ccc(C(N)=O)c(Cl)c1. The topological polar surface area (TPSA) is 111 Å². The van der Waals surface area contributed by atoms with E-state index in [-0.39, 0.29) is 23.0 Å². The fourth-order valence-corrected chi connectivity index (χ4v) is 2.41. The Morgan fingerprint density at radius 2 is 1.77 bits per heavy atom. The molecule has 3 amide bonds. The van der Waals surface area contributed by atoms with Crippen LogP contribution >= 0.6 is 11.6 Å². The van der Waals surface area contributed by atoms with Gasteiger partial charge in [-0.3, -0.25) is 9.59 Å². The molecule has 0 heterocycles. The fourth-order valence-electron chi connectivity index (χ4n) is 2.13. The lowest BCUT2D eigenvalue weighted by molar-refractivity contribution is -0.155. The Kier molecular flexibility index (Phi) is 7.03. The van der Waals surface area contributed by atoms with Gasteiger partial charge in [0.25, 0.3) is 0 Å². The van der Waals surface area contributed by atoms with Crippen LogP contribution in [0.25, 0.3) is 0 Å². The lowest BCUT2D eigenvalue weighted by Crippen LogP contribution is -2.46. The minimum atomic E-state index is -0.644. The number of amides is 3. The first-order valence-corrected chi connectivity index (χ1v) is 8.57. The van der Waals surface area contributed by atoms with Crippen LogP contribution in [-0.2, 0) is 9.53 Å². The van der Waals surface area contributed by atoms with Crippen molar-refractivity contribution in [3.05, 3.63) is 28.8 Å². The van der Waals surface area contributed by atoms with E-state index in [1.807, 2.05) is 0 Å². The lowest BCUT2D eigenvalue weighted by Gasteiger charge is -2.27. The van der Waals surface area contributed by atoms with Gasteiger partial charge in [-0.25, -0.2) is 4.79 Å². The van der Waals surface area contributed by atoms with E-state index in [9.17, 15) is 14.4 Å². The normalized spacial score (nSPS) is 11.6. The summed E-state index contributed by atoms with van der Waals surface area (Å²) in [6.07, 6.45) is 0.598. The average Bonchev–Trinajstić information content (AvgIpc) is 2.42. The second-order valence-corrected chi connectivity index (χ2v) is 8.02. The number of hydrogen-bond donors (Lipinski definition) is 3. The van der Waals surface area contributed by atoms with E-state index in [1.54, 1.807) is 34.6 Å². The molecule has 7 nitrogen and oxygen atoms in total. The smallest absolute Gasteiger partial charge is 0.319 e.